The van der Waals surface area contributed by atoms with Gasteiger partial charge in [0, 0.05) is 55.1 Å². The normalized spacial score (nSPS) is 23.3. The monoisotopic (exact) mass is 418 g/mol. The van der Waals surface area contributed by atoms with E-state index >= 15 is 0 Å². The molecule has 3 atom stereocenters. The number of β-amino-alcohol motifs (C(OH)–C–C–N with tert-alkyl or cyclic N) is 1. The number of aliphatic hydroxyl groups is 2. The van der Waals surface area contributed by atoms with Gasteiger partial charge in [0.25, 0.3) is 0 Å². The maximum Gasteiger partial charge on any atom is 0.167 e. The zero-order chi connectivity index (χ0) is 21.4. The molecule has 2 aromatic heterocycles. The second-order valence-corrected chi connectivity index (χ2v) is 8.46. The Hall–Kier alpha value is -2.92. The van der Waals surface area contributed by atoms with Crippen molar-refractivity contribution in [3.63, 3.8) is 0 Å². The third-order valence-corrected chi connectivity index (χ3v) is 6.25. The Morgan fingerprint density at radius 1 is 1.23 bits per heavy atom. The van der Waals surface area contributed by atoms with Gasteiger partial charge < -0.3 is 24.2 Å². The number of aliphatic hydroxyl groups excluding tert-OH is 2. The van der Waals surface area contributed by atoms with Gasteiger partial charge in [0.2, 0.25) is 0 Å². The molecule has 0 bridgehead atoms. The summed E-state index contributed by atoms with van der Waals surface area (Å²) in [5, 5.41) is 23.0. The van der Waals surface area contributed by atoms with Crippen molar-refractivity contribution < 1.29 is 14.7 Å². The van der Waals surface area contributed by atoms with Crippen LogP contribution in [-0.2, 0) is 6.54 Å². The molecule has 1 aliphatic carbocycles. The highest BCUT2D eigenvalue weighted by atomic mass is 16.5. The van der Waals surface area contributed by atoms with Crippen LogP contribution >= 0.6 is 0 Å². The van der Waals surface area contributed by atoms with Gasteiger partial charge in [0.15, 0.2) is 5.76 Å². The molecule has 3 aromatic rings. The molecule has 0 spiro atoms. The number of hydrogen-bond acceptors (Lipinski definition) is 6. The van der Waals surface area contributed by atoms with E-state index in [9.17, 15) is 5.11 Å². The van der Waals surface area contributed by atoms with Crippen LogP contribution in [0.2, 0.25) is 0 Å². The van der Waals surface area contributed by atoms with Gasteiger partial charge in [-0.25, -0.2) is 4.98 Å². The summed E-state index contributed by atoms with van der Waals surface area (Å²) in [6, 6.07) is 9.95. The molecule has 1 aliphatic heterocycles. The summed E-state index contributed by atoms with van der Waals surface area (Å²) in [5.41, 5.74) is 2.73. The van der Waals surface area contributed by atoms with E-state index in [0.717, 1.165) is 36.5 Å². The van der Waals surface area contributed by atoms with E-state index in [1.54, 1.807) is 13.1 Å². The molecule has 1 aromatic carbocycles. The number of fused-ring (bicyclic) bond motifs is 1. The number of benzene rings is 1. The third kappa shape index (κ3) is 4.15. The van der Waals surface area contributed by atoms with Crippen molar-refractivity contribution in [2.45, 2.75) is 19.6 Å². The molecular formula is C24H26N4O3. The second kappa shape index (κ2) is 8.31. The van der Waals surface area contributed by atoms with Crippen molar-refractivity contribution in [3.8, 4) is 23.2 Å². The number of rotatable bonds is 6. The summed E-state index contributed by atoms with van der Waals surface area (Å²) in [6.07, 6.45) is 2.86. The minimum absolute atomic E-state index is 0.237. The molecule has 2 N–H and O–H groups in total. The van der Waals surface area contributed by atoms with Crippen molar-refractivity contribution in [1.82, 2.24) is 19.6 Å². The highest BCUT2D eigenvalue weighted by molar-refractivity contribution is 5.59. The summed E-state index contributed by atoms with van der Waals surface area (Å²) < 4.78 is 7.39. The Kier molecular flexibility index (Phi) is 5.36. The first-order chi connectivity index (χ1) is 15.1. The first kappa shape index (κ1) is 20.0. The molecule has 2 fully saturated rings. The van der Waals surface area contributed by atoms with E-state index < -0.39 is 6.10 Å². The molecule has 0 amide bonds. The fraction of sp³-hybridized carbons (Fsp3) is 0.417. The Bertz CT molecular complexity index is 1090. The zero-order valence-electron chi connectivity index (χ0n) is 17.5. The van der Waals surface area contributed by atoms with Gasteiger partial charge in [-0.05, 0) is 43.0 Å². The summed E-state index contributed by atoms with van der Waals surface area (Å²) in [4.78, 5) is 6.51. The molecule has 7 heteroatoms. The first-order valence-corrected chi connectivity index (χ1v) is 10.7. The van der Waals surface area contributed by atoms with Gasteiger partial charge in [-0.1, -0.05) is 17.0 Å². The number of hydrogen-bond donors (Lipinski definition) is 2. The molecule has 1 saturated heterocycles. The van der Waals surface area contributed by atoms with Gasteiger partial charge in [-0.15, -0.1) is 0 Å². The highest BCUT2D eigenvalue weighted by Gasteiger charge is 2.54. The van der Waals surface area contributed by atoms with Crippen molar-refractivity contribution in [2.24, 2.45) is 17.8 Å². The lowest BCUT2D eigenvalue weighted by molar-refractivity contribution is 0.184. The van der Waals surface area contributed by atoms with E-state index in [0.29, 0.717) is 35.9 Å². The largest absolute Gasteiger partial charge is 0.395 e. The number of imidazole rings is 1. The average molecular weight is 418 g/mol. The average Bonchev–Trinajstić information content (AvgIpc) is 3.24. The SMILES string of the molecule is C[C@H](O)c1nccn1Cc1cc(-c2ccc(C#CC3C4CN(CCO)CC34)cc2)on1. The van der Waals surface area contributed by atoms with Crippen molar-refractivity contribution in [3.05, 3.63) is 59.8 Å². The smallest absolute Gasteiger partial charge is 0.167 e. The molecule has 1 saturated carbocycles. The lowest BCUT2D eigenvalue weighted by Gasteiger charge is -2.16. The molecule has 0 radical (unpaired) electrons. The number of nitrogens with zero attached hydrogens (tertiary/aromatic N) is 4. The maximum atomic E-state index is 9.79. The third-order valence-electron chi connectivity index (χ3n) is 6.25. The molecule has 3 heterocycles. The van der Waals surface area contributed by atoms with Crippen LogP contribution in [0.1, 0.15) is 30.1 Å². The molecule has 7 nitrogen and oxygen atoms in total. The highest BCUT2D eigenvalue weighted by Crippen LogP contribution is 2.51. The van der Waals surface area contributed by atoms with Crippen LogP contribution in [0, 0.1) is 29.6 Å². The van der Waals surface area contributed by atoms with E-state index in [1.165, 1.54) is 0 Å². The molecule has 5 rings (SSSR count). The summed E-state index contributed by atoms with van der Waals surface area (Å²) in [7, 11) is 0. The Labute approximate surface area is 181 Å². The van der Waals surface area contributed by atoms with Gasteiger partial charge in [-0.2, -0.15) is 0 Å². The Morgan fingerprint density at radius 2 is 2.00 bits per heavy atom. The molecular weight excluding hydrogens is 392 g/mol. The van der Waals surface area contributed by atoms with Crippen LogP contribution < -0.4 is 0 Å². The lowest BCUT2D eigenvalue weighted by Crippen LogP contribution is -2.27. The molecule has 2 aliphatic rings. The number of piperidine rings is 1. The van der Waals surface area contributed by atoms with Gasteiger partial charge >= 0.3 is 0 Å². The van der Waals surface area contributed by atoms with Crippen LogP contribution in [0.5, 0.6) is 0 Å². The Balaban J connectivity index is 1.20. The fourth-order valence-corrected chi connectivity index (χ4v) is 4.56. The molecule has 31 heavy (non-hydrogen) atoms. The van der Waals surface area contributed by atoms with E-state index in [4.69, 9.17) is 9.63 Å². The first-order valence-electron chi connectivity index (χ1n) is 10.7. The minimum Gasteiger partial charge on any atom is -0.395 e. The zero-order valence-corrected chi connectivity index (χ0v) is 17.5. The van der Waals surface area contributed by atoms with Crippen molar-refractivity contribution >= 4 is 0 Å². The minimum atomic E-state index is -0.635. The standard InChI is InChI=1S/C24H26N4O3/c1-16(30)24-25-8-9-28(24)13-19-12-23(31-26-19)18-5-2-17(3-6-18)4-7-20-21-14-27(10-11-29)15-22(20)21/h2-3,5-6,8-9,12,16,20-22,29-30H,10-11,13-15H2,1H3/t16-,20?,21?,22?/m0/s1. The van der Waals surface area contributed by atoms with Crippen LogP contribution in [0.4, 0.5) is 0 Å². The van der Waals surface area contributed by atoms with E-state index in [1.807, 2.05) is 41.1 Å². The van der Waals surface area contributed by atoms with Crippen molar-refractivity contribution in [2.75, 3.05) is 26.2 Å². The number of likely N-dealkylation sites (tertiary alicyclic amines) is 1. The maximum absolute atomic E-state index is 9.79. The quantitative estimate of drug-likeness (QED) is 0.597. The van der Waals surface area contributed by atoms with Gasteiger partial charge in [-0.3, -0.25) is 0 Å². The second-order valence-electron chi connectivity index (χ2n) is 8.46. The number of aromatic nitrogens is 3. The van der Waals surface area contributed by atoms with Gasteiger partial charge in [0.05, 0.1) is 13.2 Å². The van der Waals surface area contributed by atoms with Crippen molar-refractivity contribution in [1.29, 1.82) is 0 Å². The topological polar surface area (TPSA) is 87.6 Å². The predicted octanol–water partition coefficient (Wildman–Crippen LogP) is 2.16. The van der Waals surface area contributed by atoms with Crippen LogP contribution in [-0.4, -0.2) is 56.1 Å². The van der Waals surface area contributed by atoms with Crippen LogP contribution in [0.15, 0.2) is 47.2 Å². The summed E-state index contributed by atoms with van der Waals surface area (Å²) in [5.74, 6) is 9.91. The fourth-order valence-electron chi connectivity index (χ4n) is 4.56. The molecule has 2 unspecified atom stereocenters. The van der Waals surface area contributed by atoms with E-state index in [-0.39, 0.29) is 6.61 Å². The van der Waals surface area contributed by atoms with Crippen LogP contribution in [0.25, 0.3) is 11.3 Å². The lowest BCUT2D eigenvalue weighted by atomic mass is 10.1. The summed E-state index contributed by atoms with van der Waals surface area (Å²) in [6.45, 7) is 5.33. The Morgan fingerprint density at radius 3 is 2.71 bits per heavy atom. The molecule has 160 valence electrons. The van der Waals surface area contributed by atoms with Gasteiger partial charge in [0.1, 0.15) is 17.6 Å². The van der Waals surface area contributed by atoms with Crippen LogP contribution in [0.3, 0.4) is 0 Å². The predicted molar refractivity (Wildman–Crippen MR) is 115 cm³/mol. The summed E-state index contributed by atoms with van der Waals surface area (Å²) >= 11 is 0. The van der Waals surface area contributed by atoms with E-state index in [2.05, 4.69) is 26.9 Å².